The monoisotopic (exact) mass is 292 g/mol. The first-order valence-electron chi connectivity index (χ1n) is 6.97. The summed E-state index contributed by atoms with van der Waals surface area (Å²) in [5, 5.41) is 16.7. The second-order valence-corrected chi connectivity index (χ2v) is 5.23. The molecule has 0 spiro atoms. The number of carbonyl (C=O) groups is 1. The molecule has 2 N–H and O–H groups in total. The third kappa shape index (κ3) is 3.49. The molecule has 114 valence electrons. The number of nitrogens with one attached hydrogen (secondary N) is 2. The number of carbonyl (C=O) groups excluding carboxylic acids is 1. The Morgan fingerprint density at radius 3 is 2.86 bits per heavy atom. The van der Waals surface area contributed by atoms with E-state index in [2.05, 4.69) is 22.6 Å². The number of nitro groups is 1. The molecule has 7 heteroatoms. The highest BCUT2D eigenvalue weighted by Gasteiger charge is 2.22. The minimum atomic E-state index is -0.436. The minimum Gasteiger partial charge on any atom is -0.378 e. The lowest BCUT2D eigenvalue weighted by Gasteiger charge is -2.20. The number of likely N-dealkylation sites (tertiary alicyclic amines) is 1. The standard InChI is InChI=1S/C14H20N4O3/c1-15-14(19)10-5-6-13(18(20)21)12(8-10)16-9-11-4-3-7-17(11)2/h5-6,8,11,16H,3-4,7,9H2,1-2H3,(H,15,19). The third-order valence-corrected chi connectivity index (χ3v) is 3.88. The summed E-state index contributed by atoms with van der Waals surface area (Å²) in [5.74, 6) is -0.258. The number of amides is 1. The van der Waals surface area contributed by atoms with Gasteiger partial charge in [0.05, 0.1) is 4.92 Å². The second-order valence-electron chi connectivity index (χ2n) is 5.23. The van der Waals surface area contributed by atoms with Crippen LogP contribution in [0.15, 0.2) is 18.2 Å². The van der Waals surface area contributed by atoms with Crippen molar-refractivity contribution in [3.8, 4) is 0 Å². The molecule has 1 aliphatic rings. The molecule has 1 saturated heterocycles. The summed E-state index contributed by atoms with van der Waals surface area (Å²) >= 11 is 0. The largest absolute Gasteiger partial charge is 0.378 e. The van der Waals surface area contributed by atoms with Crippen LogP contribution in [0.2, 0.25) is 0 Å². The summed E-state index contributed by atoms with van der Waals surface area (Å²) in [6.07, 6.45) is 2.22. The number of hydrogen-bond acceptors (Lipinski definition) is 5. The molecule has 1 fully saturated rings. The van der Waals surface area contributed by atoms with Crippen molar-refractivity contribution in [1.82, 2.24) is 10.2 Å². The van der Waals surface area contributed by atoms with Crippen molar-refractivity contribution < 1.29 is 9.72 Å². The van der Waals surface area contributed by atoms with Gasteiger partial charge in [-0.1, -0.05) is 0 Å². The molecule has 0 aromatic heterocycles. The molecule has 0 radical (unpaired) electrons. The van der Waals surface area contributed by atoms with E-state index in [1.807, 2.05) is 0 Å². The predicted molar refractivity (Wildman–Crippen MR) is 80.6 cm³/mol. The van der Waals surface area contributed by atoms with E-state index in [4.69, 9.17) is 0 Å². The van der Waals surface area contributed by atoms with E-state index in [0.29, 0.717) is 23.8 Å². The van der Waals surface area contributed by atoms with Gasteiger partial charge in [0, 0.05) is 31.3 Å². The van der Waals surface area contributed by atoms with Crippen LogP contribution in [-0.2, 0) is 0 Å². The third-order valence-electron chi connectivity index (χ3n) is 3.88. The Morgan fingerprint density at radius 1 is 1.52 bits per heavy atom. The molecule has 0 aliphatic carbocycles. The van der Waals surface area contributed by atoms with Gasteiger partial charge in [-0.05, 0) is 38.6 Å². The summed E-state index contributed by atoms with van der Waals surface area (Å²) in [4.78, 5) is 24.5. The molecular weight excluding hydrogens is 272 g/mol. The van der Waals surface area contributed by atoms with Crippen LogP contribution in [0.3, 0.4) is 0 Å². The molecule has 7 nitrogen and oxygen atoms in total. The van der Waals surface area contributed by atoms with Gasteiger partial charge in [0.25, 0.3) is 11.6 Å². The Labute approximate surface area is 123 Å². The zero-order chi connectivity index (χ0) is 15.4. The maximum Gasteiger partial charge on any atom is 0.292 e. The van der Waals surface area contributed by atoms with E-state index in [9.17, 15) is 14.9 Å². The number of nitrogens with zero attached hydrogens (tertiary/aromatic N) is 2. The molecule has 1 atom stereocenters. The zero-order valence-corrected chi connectivity index (χ0v) is 12.3. The van der Waals surface area contributed by atoms with Gasteiger partial charge in [0.15, 0.2) is 0 Å². The maximum absolute atomic E-state index is 11.6. The van der Waals surface area contributed by atoms with Crippen molar-refractivity contribution in [2.24, 2.45) is 0 Å². The second kappa shape index (κ2) is 6.53. The normalized spacial score (nSPS) is 18.5. The minimum absolute atomic E-state index is 0.0108. The average molecular weight is 292 g/mol. The lowest BCUT2D eigenvalue weighted by atomic mass is 10.1. The van der Waals surface area contributed by atoms with Gasteiger partial charge in [-0.3, -0.25) is 14.9 Å². The van der Waals surface area contributed by atoms with E-state index in [0.717, 1.165) is 19.4 Å². The van der Waals surface area contributed by atoms with Gasteiger partial charge < -0.3 is 15.5 Å². The van der Waals surface area contributed by atoms with Gasteiger partial charge >= 0.3 is 0 Å². The molecule has 1 amide bonds. The van der Waals surface area contributed by atoms with Crippen LogP contribution >= 0.6 is 0 Å². The van der Waals surface area contributed by atoms with E-state index in [1.54, 1.807) is 0 Å². The number of likely N-dealkylation sites (N-methyl/N-ethyl adjacent to an activating group) is 1. The Hall–Kier alpha value is -2.15. The van der Waals surface area contributed by atoms with Gasteiger partial charge in [-0.25, -0.2) is 0 Å². The van der Waals surface area contributed by atoms with E-state index in [-0.39, 0.29) is 11.6 Å². The maximum atomic E-state index is 11.6. The Balaban J connectivity index is 2.18. The summed E-state index contributed by atoms with van der Waals surface area (Å²) in [7, 11) is 3.58. The quantitative estimate of drug-likeness (QED) is 0.633. The van der Waals surface area contributed by atoms with Crippen LogP contribution in [0.25, 0.3) is 0 Å². The van der Waals surface area contributed by atoms with Crippen LogP contribution in [-0.4, -0.2) is 49.0 Å². The van der Waals surface area contributed by atoms with Gasteiger partial charge in [0.1, 0.15) is 5.69 Å². The van der Waals surface area contributed by atoms with Crippen molar-refractivity contribution in [3.05, 3.63) is 33.9 Å². The first kappa shape index (κ1) is 15.2. The molecule has 0 bridgehead atoms. The molecular formula is C14H20N4O3. The first-order valence-corrected chi connectivity index (χ1v) is 6.97. The zero-order valence-electron chi connectivity index (χ0n) is 12.3. The fraction of sp³-hybridized carbons (Fsp3) is 0.500. The number of anilines is 1. The lowest BCUT2D eigenvalue weighted by Crippen LogP contribution is -2.31. The van der Waals surface area contributed by atoms with Crippen molar-refractivity contribution in [1.29, 1.82) is 0 Å². The van der Waals surface area contributed by atoms with Crippen molar-refractivity contribution in [3.63, 3.8) is 0 Å². The predicted octanol–water partition coefficient (Wildman–Crippen LogP) is 1.46. The Bertz CT molecular complexity index is 547. The molecule has 1 aromatic rings. The van der Waals surface area contributed by atoms with Crippen LogP contribution in [0.4, 0.5) is 11.4 Å². The highest BCUT2D eigenvalue weighted by atomic mass is 16.6. The van der Waals surface area contributed by atoms with Gasteiger partial charge in [-0.15, -0.1) is 0 Å². The first-order chi connectivity index (χ1) is 10.0. The van der Waals surface area contributed by atoms with E-state index in [1.165, 1.54) is 25.2 Å². The van der Waals surface area contributed by atoms with Crippen LogP contribution < -0.4 is 10.6 Å². The molecule has 1 aromatic carbocycles. The van der Waals surface area contributed by atoms with E-state index >= 15 is 0 Å². The number of benzene rings is 1. The summed E-state index contributed by atoms with van der Waals surface area (Å²) in [5.41, 5.74) is 0.787. The fourth-order valence-corrected chi connectivity index (χ4v) is 2.59. The van der Waals surface area contributed by atoms with Crippen LogP contribution in [0.5, 0.6) is 0 Å². The fourth-order valence-electron chi connectivity index (χ4n) is 2.59. The molecule has 1 unspecified atom stereocenters. The van der Waals surface area contributed by atoms with Crippen LogP contribution in [0.1, 0.15) is 23.2 Å². The Morgan fingerprint density at radius 2 is 2.29 bits per heavy atom. The van der Waals surface area contributed by atoms with E-state index < -0.39 is 4.92 Å². The lowest BCUT2D eigenvalue weighted by molar-refractivity contribution is -0.384. The number of nitro benzene ring substituents is 1. The number of rotatable bonds is 5. The number of hydrogen-bond donors (Lipinski definition) is 2. The molecule has 0 saturated carbocycles. The van der Waals surface area contributed by atoms with Gasteiger partial charge in [-0.2, -0.15) is 0 Å². The highest BCUT2D eigenvalue weighted by molar-refractivity contribution is 5.95. The van der Waals surface area contributed by atoms with Crippen molar-refractivity contribution in [2.75, 3.05) is 32.5 Å². The Kier molecular flexibility index (Phi) is 4.74. The summed E-state index contributed by atoms with van der Waals surface area (Å²) in [6, 6.07) is 4.73. The molecule has 21 heavy (non-hydrogen) atoms. The van der Waals surface area contributed by atoms with Crippen LogP contribution in [0, 0.1) is 10.1 Å². The molecule has 1 aliphatic heterocycles. The summed E-state index contributed by atoms with van der Waals surface area (Å²) in [6.45, 7) is 1.68. The highest BCUT2D eigenvalue weighted by Crippen LogP contribution is 2.26. The smallest absolute Gasteiger partial charge is 0.292 e. The van der Waals surface area contributed by atoms with Crippen molar-refractivity contribution in [2.45, 2.75) is 18.9 Å². The van der Waals surface area contributed by atoms with Crippen molar-refractivity contribution >= 4 is 17.3 Å². The SMILES string of the molecule is CNC(=O)c1ccc([N+](=O)[O-])c(NCC2CCCN2C)c1. The molecule has 2 rings (SSSR count). The van der Waals surface area contributed by atoms with Gasteiger partial charge in [0.2, 0.25) is 0 Å². The topological polar surface area (TPSA) is 87.5 Å². The average Bonchev–Trinajstić information content (AvgIpc) is 2.89. The molecule has 1 heterocycles. The summed E-state index contributed by atoms with van der Waals surface area (Å²) < 4.78 is 0.